The van der Waals surface area contributed by atoms with E-state index in [0.29, 0.717) is 40.0 Å². The van der Waals surface area contributed by atoms with Crippen molar-refractivity contribution in [2.45, 2.75) is 6.42 Å². The summed E-state index contributed by atoms with van der Waals surface area (Å²) in [6.45, 7) is 0. The molecular formula is C29H23ClN2O4. The number of benzene rings is 3. The molecule has 0 saturated carbocycles. The van der Waals surface area contributed by atoms with Gasteiger partial charge < -0.3 is 19.5 Å². The van der Waals surface area contributed by atoms with Gasteiger partial charge in [0.15, 0.2) is 0 Å². The molecule has 0 aliphatic carbocycles. The molecule has 5 rings (SSSR count). The summed E-state index contributed by atoms with van der Waals surface area (Å²) in [6.07, 6.45) is 1.93. The molecule has 36 heavy (non-hydrogen) atoms. The van der Waals surface area contributed by atoms with E-state index in [1.165, 1.54) is 6.26 Å². The standard InChI is InChI=1S/C29H23ClN2O4/c1-34-23-10-12-28(35-2)24(16-23)26-8-4-7-25(32-26)18-5-3-6-22(15-18)31-29(33)20-13-19-14-21(30)9-11-27(19)36-17-20/h3-12,14-17H,13H2,1-2H3,(H,31,33). The third-order valence-corrected chi connectivity index (χ3v) is 6.11. The summed E-state index contributed by atoms with van der Waals surface area (Å²) in [7, 11) is 3.25. The molecule has 1 aliphatic heterocycles. The molecule has 0 radical (unpaired) electrons. The minimum absolute atomic E-state index is 0.236. The molecular weight excluding hydrogens is 476 g/mol. The van der Waals surface area contributed by atoms with Gasteiger partial charge in [-0.3, -0.25) is 4.79 Å². The highest BCUT2D eigenvalue weighted by Gasteiger charge is 2.19. The van der Waals surface area contributed by atoms with Gasteiger partial charge in [0.1, 0.15) is 23.5 Å². The van der Waals surface area contributed by atoms with Gasteiger partial charge in [0.25, 0.3) is 5.91 Å². The maximum Gasteiger partial charge on any atom is 0.255 e. The van der Waals surface area contributed by atoms with Crippen molar-refractivity contribution >= 4 is 23.2 Å². The molecule has 7 heteroatoms. The number of halogens is 1. The molecule has 180 valence electrons. The number of hydrogen-bond donors (Lipinski definition) is 1. The van der Waals surface area contributed by atoms with Crippen molar-refractivity contribution < 1.29 is 19.0 Å². The van der Waals surface area contributed by atoms with Crippen LogP contribution in [0.2, 0.25) is 5.02 Å². The number of methoxy groups -OCH3 is 2. The zero-order chi connectivity index (χ0) is 25.1. The van der Waals surface area contributed by atoms with Crippen molar-refractivity contribution in [1.82, 2.24) is 4.98 Å². The van der Waals surface area contributed by atoms with Gasteiger partial charge in [-0.1, -0.05) is 29.8 Å². The normalized spacial score (nSPS) is 12.1. The van der Waals surface area contributed by atoms with Crippen molar-refractivity contribution in [2.24, 2.45) is 0 Å². The number of nitrogens with one attached hydrogen (secondary N) is 1. The Hall–Kier alpha value is -4.29. The number of pyridine rings is 1. The Morgan fingerprint density at radius 3 is 2.61 bits per heavy atom. The number of fused-ring (bicyclic) bond motifs is 1. The highest BCUT2D eigenvalue weighted by atomic mass is 35.5. The summed E-state index contributed by atoms with van der Waals surface area (Å²) in [5, 5.41) is 3.57. The van der Waals surface area contributed by atoms with Crippen LogP contribution in [0, 0.1) is 0 Å². The molecule has 0 spiro atoms. The van der Waals surface area contributed by atoms with Gasteiger partial charge >= 0.3 is 0 Å². The van der Waals surface area contributed by atoms with Gasteiger partial charge in [0.2, 0.25) is 0 Å². The second kappa shape index (κ2) is 10.1. The summed E-state index contributed by atoms with van der Waals surface area (Å²) in [6, 6.07) is 24.3. The minimum Gasteiger partial charge on any atom is -0.497 e. The molecule has 4 aromatic rings. The SMILES string of the molecule is COc1ccc(OC)c(-c2cccc(-c3cccc(NC(=O)C4=COc5ccc(Cl)cc5C4)c3)n2)c1. The van der Waals surface area contributed by atoms with Gasteiger partial charge in [-0.15, -0.1) is 0 Å². The maximum atomic E-state index is 12.9. The molecule has 1 aromatic heterocycles. The van der Waals surface area contributed by atoms with Crippen LogP contribution in [0.1, 0.15) is 5.56 Å². The van der Waals surface area contributed by atoms with Crippen molar-refractivity contribution in [3.63, 3.8) is 0 Å². The van der Waals surface area contributed by atoms with Crippen LogP contribution in [0.5, 0.6) is 17.2 Å². The molecule has 3 aromatic carbocycles. The van der Waals surface area contributed by atoms with Gasteiger partial charge in [0, 0.05) is 33.8 Å². The average molecular weight is 499 g/mol. The number of rotatable bonds is 6. The maximum absolute atomic E-state index is 12.9. The Bertz CT molecular complexity index is 1480. The lowest BCUT2D eigenvalue weighted by molar-refractivity contribution is -0.113. The van der Waals surface area contributed by atoms with E-state index >= 15 is 0 Å². The van der Waals surface area contributed by atoms with E-state index < -0.39 is 0 Å². The van der Waals surface area contributed by atoms with Crippen molar-refractivity contribution in [3.05, 3.63) is 101 Å². The van der Waals surface area contributed by atoms with Crippen LogP contribution in [0.3, 0.4) is 0 Å². The van der Waals surface area contributed by atoms with Crippen LogP contribution >= 0.6 is 11.6 Å². The number of amides is 1. The van der Waals surface area contributed by atoms with E-state index in [9.17, 15) is 4.79 Å². The first-order valence-corrected chi connectivity index (χ1v) is 11.7. The summed E-state index contributed by atoms with van der Waals surface area (Å²) in [5.41, 5.74) is 5.24. The highest BCUT2D eigenvalue weighted by Crippen LogP contribution is 2.34. The largest absolute Gasteiger partial charge is 0.497 e. The lowest BCUT2D eigenvalue weighted by Gasteiger charge is -2.17. The van der Waals surface area contributed by atoms with Gasteiger partial charge in [-0.05, 0) is 60.7 Å². The lowest BCUT2D eigenvalue weighted by atomic mass is 10.0. The van der Waals surface area contributed by atoms with Crippen LogP contribution in [-0.2, 0) is 11.2 Å². The lowest BCUT2D eigenvalue weighted by Crippen LogP contribution is -2.19. The number of carbonyl (C=O) groups excluding carboxylic acids is 1. The van der Waals surface area contributed by atoms with Crippen molar-refractivity contribution in [3.8, 4) is 39.8 Å². The van der Waals surface area contributed by atoms with Gasteiger partial charge in [-0.25, -0.2) is 4.98 Å². The van der Waals surface area contributed by atoms with E-state index in [0.717, 1.165) is 28.1 Å². The molecule has 1 amide bonds. The van der Waals surface area contributed by atoms with E-state index in [2.05, 4.69) is 5.32 Å². The summed E-state index contributed by atoms with van der Waals surface area (Å²) >= 11 is 6.10. The average Bonchev–Trinajstić information content (AvgIpc) is 2.92. The number of ether oxygens (including phenoxy) is 3. The van der Waals surface area contributed by atoms with Crippen LogP contribution < -0.4 is 19.5 Å². The molecule has 0 saturated heterocycles. The Morgan fingerprint density at radius 2 is 1.78 bits per heavy atom. The molecule has 0 bridgehead atoms. The predicted octanol–water partition coefficient (Wildman–Crippen LogP) is 6.54. The molecule has 1 N–H and O–H groups in total. The minimum atomic E-state index is -0.236. The van der Waals surface area contributed by atoms with E-state index in [-0.39, 0.29) is 5.91 Å². The summed E-state index contributed by atoms with van der Waals surface area (Å²) < 4.78 is 16.5. The highest BCUT2D eigenvalue weighted by molar-refractivity contribution is 6.30. The van der Waals surface area contributed by atoms with Crippen molar-refractivity contribution in [2.75, 3.05) is 19.5 Å². The zero-order valence-electron chi connectivity index (χ0n) is 19.7. The second-order valence-corrected chi connectivity index (χ2v) is 8.64. The first-order valence-electron chi connectivity index (χ1n) is 11.3. The van der Waals surface area contributed by atoms with Crippen LogP contribution in [0.25, 0.3) is 22.5 Å². The second-order valence-electron chi connectivity index (χ2n) is 8.20. The van der Waals surface area contributed by atoms with E-state index in [1.807, 2.05) is 66.7 Å². The third-order valence-electron chi connectivity index (χ3n) is 5.87. The number of carbonyl (C=O) groups is 1. The Balaban J connectivity index is 1.38. The first kappa shape index (κ1) is 23.5. The summed E-state index contributed by atoms with van der Waals surface area (Å²) in [5.74, 6) is 1.89. The number of anilines is 1. The fraction of sp³-hybridized carbons (Fsp3) is 0.103. The molecule has 1 aliphatic rings. The molecule has 6 nitrogen and oxygen atoms in total. The molecule has 2 heterocycles. The first-order chi connectivity index (χ1) is 17.5. The number of hydrogen-bond acceptors (Lipinski definition) is 5. The van der Waals surface area contributed by atoms with Crippen LogP contribution in [0.4, 0.5) is 5.69 Å². The monoisotopic (exact) mass is 498 g/mol. The zero-order valence-corrected chi connectivity index (χ0v) is 20.5. The Labute approximate surface area is 214 Å². The van der Waals surface area contributed by atoms with Crippen LogP contribution in [-0.4, -0.2) is 25.1 Å². The summed E-state index contributed by atoms with van der Waals surface area (Å²) in [4.78, 5) is 17.8. The fourth-order valence-corrected chi connectivity index (χ4v) is 4.24. The topological polar surface area (TPSA) is 69.7 Å². The van der Waals surface area contributed by atoms with E-state index in [1.54, 1.807) is 26.4 Å². The third kappa shape index (κ3) is 4.90. The quantitative estimate of drug-likeness (QED) is 0.326. The van der Waals surface area contributed by atoms with Crippen LogP contribution in [0.15, 0.2) is 90.7 Å². The molecule has 0 atom stereocenters. The van der Waals surface area contributed by atoms with Crippen molar-refractivity contribution in [1.29, 1.82) is 0 Å². The molecule has 0 unspecified atom stereocenters. The Kier molecular flexibility index (Phi) is 6.60. The van der Waals surface area contributed by atoms with E-state index in [4.69, 9.17) is 30.8 Å². The Morgan fingerprint density at radius 1 is 0.944 bits per heavy atom. The fourth-order valence-electron chi connectivity index (χ4n) is 4.04. The number of aromatic nitrogens is 1. The molecule has 0 fully saturated rings. The van der Waals surface area contributed by atoms with Gasteiger partial charge in [-0.2, -0.15) is 0 Å². The smallest absolute Gasteiger partial charge is 0.255 e. The number of nitrogens with zero attached hydrogens (tertiary/aromatic N) is 1. The van der Waals surface area contributed by atoms with Gasteiger partial charge in [0.05, 0.1) is 31.2 Å². The predicted molar refractivity (Wildman–Crippen MR) is 141 cm³/mol.